The van der Waals surface area contributed by atoms with Crippen molar-refractivity contribution in [1.82, 2.24) is 19.2 Å². The molecule has 2 aromatic carbocycles. The van der Waals surface area contributed by atoms with Gasteiger partial charge in [-0.05, 0) is 36.4 Å². The van der Waals surface area contributed by atoms with E-state index in [4.69, 9.17) is 16.6 Å². The number of rotatable bonds is 4. The van der Waals surface area contributed by atoms with Gasteiger partial charge in [0.05, 0.1) is 11.4 Å². The number of aromatic nitrogens is 2. The van der Waals surface area contributed by atoms with Crippen LogP contribution in [-0.2, 0) is 6.54 Å². The molecule has 5 nitrogen and oxygen atoms in total. The lowest BCUT2D eigenvalue weighted by Gasteiger charge is -2.34. The monoisotopic (exact) mass is 430 g/mol. The molecule has 2 aromatic heterocycles. The Morgan fingerprint density at radius 2 is 1.58 bits per heavy atom. The minimum Gasteiger partial charge on any atom is -0.336 e. The van der Waals surface area contributed by atoms with Gasteiger partial charge in [-0.15, -0.1) is 0 Å². The number of imidazole rings is 1. The highest BCUT2D eigenvalue weighted by molar-refractivity contribution is 6.30. The standard InChI is InChI=1S/C25H23ClN4O/c26-21-11-9-19(10-12-21)24-22(30-13-5-4-8-23(30)27-24)18-28-14-16-29(17-15-28)25(31)20-6-2-1-3-7-20/h1-13H,14-18H2. The molecule has 6 heteroatoms. The quantitative estimate of drug-likeness (QED) is 0.474. The summed E-state index contributed by atoms with van der Waals surface area (Å²) in [5, 5.41) is 0.716. The van der Waals surface area contributed by atoms with Gasteiger partial charge in [-0.3, -0.25) is 9.69 Å². The average molecular weight is 431 g/mol. The number of benzene rings is 2. The van der Waals surface area contributed by atoms with Crippen LogP contribution >= 0.6 is 11.6 Å². The van der Waals surface area contributed by atoms with Crippen molar-refractivity contribution in [3.8, 4) is 11.3 Å². The molecule has 0 bridgehead atoms. The zero-order chi connectivity index (χ0) is 21.2. The number of amides is 1. The van der Waals surface area contributed by atoms with E-state index in [0.717, 1.165) is 60.9 Å². The molecule has 1 fully saturated rings. The number of hydrogen-bond donors (Lipinski definition) is 0. The number of pyridine rings is 1. The van der Waals surface area contributed by atoms with Gasteiger partial charge in [0.2, 0.25) is 0 Å². The normalized spacial score (nSPS) is 14.8. The number of halogens is 1. The molecular formula is C25H23ClN4O. The fourth-order valence-electron chi connectivity index (χ4n) is 4.12. The minimum absolute atomic E-state index is 0.108. The Bertz CT molecular complexity index is 1200. The molecule has 31 heavy (non-hydrogen) atoms. The Hall–Kier alpha value is -3.15. The van der Waals surface area contributed by atoms with Crippen molar-refractivity contribution in [2.75, 3.05) is 26.2 Å². The van der Waals surface area contributed by atoms with Crippen LogP contribution in [0.4, 0.5) is 0 Å². The number of fused-ring (bicyclic) bond motifs is 1. The molecule has 1 saturated heterocycles. The largest absolute Gasteiger partial charge is 0.336 e. The number of piperazine rings is 1. The van der Waals surface area contributed by atoms with E-state index in [-0.39, 0.29) is 5.91 Å². The number of nitrogens with zero attached hydrogens (tertiary/aromatic N) is 4. The first-order chi connectivity index (χ1) is 15.2. The third-order valence-electron chi connectivity index (χ3n) is 5.80. The van der Waals surface area contributed by atoms with E-state index in [1.807, 2.05) is 77.7 Å². The molecule has 1 amide bonds. The van der Waals surface area contributed by atoms with Gasteiger partial charge in [0.15, 0.2) is 0 Å². The molecule has 3 heterocycles. The summed E-state index contributed by atoms with van der Waals surface area (Å²) in [6, 6.07) is 23.4. The van der Waals surface area contributed by atoms with E-state index in [2.05, 4.69) is 15.5 Å². The van der Waals surface area contributed by atoms with Crippen molar-refractivity contribution >= 4 is 23.2 Å². The van der Waals surface area contributed by atoms with Crippen LogP contribution in [0.2, 0.25) is 5.02 Å². The summed E-state index contributed by atoms with van der Waals surface area (Å²) in [5.41, 5.74) is 4.87. The summed E-state index contributed by atoms with van der Waals surface area (Å²) in [6.07, 6.45) is 2.06. The second kappa shape index (κ2) is 8.53. The van der Waals surface area contributed by atoms with Crippen molar-refractivity contribution in [3.63, 3.8) is 0 Å². The van der Waals surface area contributed by atoms with Crippen LogP contribution in [0.25, 0.3) is 16.9 Å². The summed E-state index contributed by atoms with van der Waals surface area (Å²) >= 11 is 6.09. The molecule has 156 valence electrons. The SMILES string of the molecule is O=C(c1ccccc1)N1CCN(Cc2c(-c3ccc(Cl)cc3)nc3ccccn23)CC1. The number of carbonyl (C=O) groups is 1. The molecule has 4 aromatic rings. The van der Waals surface area contributed by atoms with Crippen molar-refractivity contribution in [2.24, 2.45) is 0 Å². The van der Waals surface area contributed by atoms with E-state index >= 15 is 0 Å². The molecule has 0 saturated carbocycles. The maximum atomic E-state index is 12.7. The van der Waals surface area contributed by atoms with E-state index < -0.39 is 0 Å². The van der Waals surface area contributed by atoms with Gasteiger partial charge >= 0.3 is 0 Å². The summed E-state index contributed by atoms with van der Waals surface area (Å²) in [6.45, 7) is 3.88. The second-order valence-electron chi connectivity index (χ2n) is 7.78. The van der Waals surface area contributed by atoms with E-state index in [9.17, 15) is 4.79 Å². The van der Waals surface area contributed by atoms with Crippen molar-refractivity contribution in [1.29, 1.82) is 0 Å². The molecule has 0 atom stereocenters. The Morgan fingerprint density at radius 1 is 0.871 bits per heavy atom. The van der Waals surface area contributed by atoms with Gasteiger partial charge in [0, 0.05) is 55.1 Å². The maximum Gasteiger partial charge on any atom is 0.253 e. The summed E-state index contributed by atoms with van der Waals surface area (Å²) in [5.74, 6) is 0.108. The summed E-state index contributed by atoms with van der Waals surface area (Å²) in [7, 11) is 0. The highest BCUT2D eigenvalue weighted by Gasteiger charge is 2.24. The smallest absolute Gasteiger partial charge is 0.253 e. The highest BCUT2D eigenvalue weighted by atomic mass is 35.5. The van der Waals surface area contributed by atoms with Gasteiger partial charge in [-0.25, -0.2) is 4.98 Å². The number of carbonyl (C=O) groups excluding carboxylic acids is 1. The lowest BCUT2D eigenvalue weighted by Crippen LogP contribution is -2.48. The molecule has 0 unspecified atom stereocenters. The van der Waals surface area contributed by atoms with E-state index in [1.54, 1.807) is 0 Å². The van der Waals surface area contributed by atoms with Crippen molar-refractivity contribution in [3.05, 3.63) is 95.3 Å². The van der Waals surface area contributed by atoms with Crippen LogP contribution in [0.5, 0.6) is 0 Å². The van der Waals surface area contributed by atoms with E-state index in [0.29, 0.717) is 5.02 Å². The summed E-state index contributed by atoms with van der Waals surface area (Å²) in [4.78, 5) is 22.0. The Balaban J connectivity index is 1.36. The predicted octanol–water partition coefficient (Wildman–Crippen LogP) is 4.61. The summed E-state index contributed by atoms with van der Waals surface area (Å²) < 4.78 is 2.16. The molecule has 0 N–H and O–H groups in total. The first kappa shape index (κ1) is 19.8. The van der Waals surface area contributed by atoms with Gasteiger partial charge in [-0.1, -0.05) is 48.0 Å². The first-order valence-electron chi connectivity index (χ1n) is 10.5. The minimum atomic E-state index is 0.108. The maximum absolute atomic E-state index is 12.7. The number of hydrogen-bond acceptors (Lipinski definition) is 3. The third kappa shape index (κ3) is 4.07. The van der Waals surface area contributed by atoms with Crippen molar-refractivity contribution in [2.45, 2.75) is 6.54 Å². The second-order valence-corrected chi connectivity index (χ2v) is 8.21. The molecule has 1 aliphatic rings. The Kier molecular flexibility index (Phi) is 5.45. The van der Waals surface area contributed by atoms with Crippen molar-refractivity contribution < 1.29 is 4.79 Å². The van der Waals surface area contributed by atoms with Crippen LogP contribution in [-0.4, -0.2) is 51.3 Å². The first-order valence-corrected chi connectivity index (χ1v) is 10.9. The van der Waals surface area contributed by atoms with Gasteiger partial charge in [0.25, 0.3) is 5.91 Å². The topological polar surface area (TPSA) is 40.9 Å². The molecule has 0 radical (unpaired) electrons. The van der Waals surface area contributed by atoms with Crippen LogP contribution in [0, 0.1) is 0 Å². The van der Waals surface area contributed by atoms with Gasteiger partial charge in [0.1, 0.15) is 5.65 Å². The highest BCUT2D eigenvalue weighted by Crippen LogP contribution is 2.27. The van der Waals surface area contributed by atoms with Crippen LogP contribution in [0.15, 0.2) is 79.0 Å². The van der Waals surface area contributed by atoms with Crippen LogP contribution in [0.1, 0.15) is 16.1 Å². The fourth-order valence-corrected chi connectivity index (χ4v) is 4.25. The zero-order valence-corrected chi connectivity index (χ0v) is 17.9. The Morgan fingerprint density at radius 3 is 2.32 bits per heavy atom. The van der Waals surface area contributed by atoms with E-state index in [1.165, 1.54) is 0 Å². The molecule has 5 rings (SSSR count). The predicted molar refractivity (Wildman–Crippen MR) is 123 cm³/mol. The van der Waals surface area contributed by atoms with Crippen LogP contribution < -0.4 is 0 Å². The molecule has 0 spiro atoms. The lowest BCUT2D eigenvalue weighted by atomic mass is 10.1. The average Bonchev–Trinajstić information content (AvgIpc) is 3.18. The zero-order valence-electron chi connectivity index (χ0n) is 17.1. The van der Waals surface area contributed by atoms with Gasteiger partial charge < -0.3 is 9.30 Å². The molecule has 0 aliphatic carbocycles. The van der Waals surface area contributed by atoms with Crippen LogP contribution in [0.3, 0.4) is 0 Å². The molecule has 1 aliphatic heterocycles. The van der Waals surface area contributed by atoms with Gasteiger partial charge in [-0.2, -0.15) is 0 Å². The Labute approximate surface area is 186 Å². The molecular weight excluding hydrogens is 408 g/mol. The lowest BCUT2D eigenvalue weighted by molar-refractivity contribution is 0.0627. The third-order valence-corrected chi connectivity index (χ3v) is 6.05. The fraction of sp³-hybridized carbons (Fsp3) is 0.200.